The number of hydrogen-bond acceptors (Lipinski definition) is 2. The average Bonchev–Trinajstić information content (AvgIpc) is 2.47. The molecule has 2 aromatic rings. The number of aryl methyl sites for hydroxylation is 1. The zero-order chi connectivity index (χ0) is 14.4. The quantitative estimate of drug-likeness (QED) is 0.832. The van der Waals surface area contributed by atoms with Crippen molar-refractivity contribution >= 4 is 9.84 Å². The largest absolute Gasteiger partial charge is 0.219 e. The minimum absolute atomic E-state index is 0.346. The highest BCUT2D eigenvalue weighted by Gasteiger charge is 2.10. The first-order valence-electron chi connectivity index (χ1n) is 6.59. The van der Waals surface area contributed by atoms with Crippen LogP contribution >= 0.6 is 0 Å². The van der Waals surface area contributed by atoms with Crippen molar-refractivity contribution in [1.29, 1.82) is 0 Å². The maximum atomic E-state index is 12.2. The van der Waals surface area contributed by atoms with Crippen LogP contribution in [-0.2, 0) is 16.3 Å². The molecule has 2 rings (SSSR count). The first-order chi connectivity index (χ1) is 9.58. The molecule has 0 aliphatic rings. The molecule has 0 radical (unpaired) electrons. The summed E-state index contributed by atoms with van der Waals surface area (Å²) in [7, 11) is -3.33. The van der Waals surface area contributed by atoms with Crippen LogP contribution in [0.25, 0.3) is 0 Å². The van der Waals surface area contributed by atoms with Gasteiger partial charge in [-0.05, 0) is 37.5 Å². The SMILES string of the molecule is C/C(=C\S(=O)(=O)c1ccccc1)CCc1ccccc1. The molecule has 0 bridgehead atoms. The Kier molecular flexibility index (Phi) is 4.74. The minimum atomic E-state index is -3.33. The van der Waals surface area contributed by atoms with Crippen LogP contribution in [0.1, 0.15) is 18.9 Å². The molecule has 0 aromatic heterocycles. The molecule has 2 aromatic carbocycles. The van der Waals surface area contributed by atoms with Crippen molar-refractivity contribution in [3.05, 3.63) is 77.2 Å². The minimum Gasteiger partial charge on any atom is -0.219 e. The highest BCUT2D eigenvalue weighted by molar-refractivity contribution is 7.94. The summed E-state index contributed by atoms with van der Waals surface area (Å²) in [6.45, 7) is 1.86. The van der Waals surface area contributed by atoms with Gasteiger partial charge in [0.05, 0.1) is 4.90 Å². The topological polar surface area (TPSA) is 34.1 Å². The molecule has 0 unspecified atom stereocenters. The van der Waals surface area contributed by atoms with Crippen LogP contribution in [0.15, 0.2) is 76.5 Å². The van der Waals surface area contributed by atoms with Gasteiger partial charge in [-0.2, -0.15) is 0 Å². The predicted octanol–water partition coefficient (Wildman–Crippen LogP) is 4.00. The number of allylic oxidation sites excluding steroid dienone is 1. The Bertz CT molecular complexity index is 671. The van der Waals surface area contributed by atoms with E-state index in [0.717, 1.165) is 18.4 Å². The molecule has 104 valence electrons. The van der Waals surface area contributed by atoms with Gasteiger partial charge in [0, 0.05) is 5.41 Å². The highest BCUT2D eigenvalue weighted by Crippen LogP contribution is 2.16. The zero-order valence-corrected chi connectivity index (χ0v) is 12.3. The lowest BCUT2D eigenvalue weighted by Crippen LogP contribution is -1.98. The second kappa shape index (κ2) is 6.53. The number of rotatable bonds is 5. The van der Waals surface area contributed by atoms with E-state index in [1.54, 1.807) is 24.3 Å². The van der Waals surface area contributed by atoms with Crippen LogP contribution in [-0.4, -0.2) is 8.42 Å². The lowest BCUT2D eigenvalue weighted by molar-refractivity contribution is 0.604. The third-order valence-corrected chi connectivity index (χ3v) is 4.72. The van der Waals surface area contributed by atoms with Crippen molar-refractivity contribution in [1.82, 2.24) is 0 Å². The molecule has 3 heteroatoms. The Morgan fingerprint density at radius 2 is 1.50 bits per heavy atom. The summed E-state index contributed by atoms with van der Waals surface area (Å²) >= 11 is 0. The van der Waals surface area contributed by atoms with E-state index in [9.17, 15) is 8.42 Å². The lowest BCUT2D eigenvalue weighted by Gasteiger charge is -2.04. The summed E-state index contributed by atoms with van der Waals surface area (Å²) in [5.41, 5.74) is 2.09. The molecular weight excluding hydrogens is 268 g/mol. The summed E-state index contributed by atoms with van der Waals surface area (Å²) in [5, 5.41) is 1.38. The van der Waals surface area contributed by atoms with E-state index in [-0.39, 0.29) is 0 Å². The average molecular weight is 286 g/mol. The Morgan fingerprint density at radius 1 is 0.950 bits per heavy atom. The van der Waals surface area contributed by atoms with Crippen LogP contribution in [0.4, 0.5) is 0 Å². The molecule has 0 saturated carbocycles. The lowest BCUT2D eigenvalue weighted by atomic mass is 10.1. The van der Waals surface area contributed by atoms with Gasteiger partial charge < -0.3 is 0 Å². The number of benzene rings is 2. The first-order valence-corrected chi connectivity index (χ1v) is 8.14. The van der Waals surface area contributed by atoms with Crippen molar-refractivity contribution in [2.75, 3.05) is 0 Å². The van der Waals surface area contributed by atoms with E-state index < -0.39 is 9.84 Å². The Balaban J connectivity index is 2.07. The predicted molar refractivity (Wildman–Crippen MR) is 82.1 cm³/mol. The summed E-state index contributed by atoms with van der Waals surface area (Å²) in [6, 6.07) is 18.6. The van der Waals surface area contributed by atoms with Crippen LogP contribution in [0.2, 0.25) is 0 Å². The normalized spacial score (nSPS) is 12.3. The van der Waals surface area contributed by atoms with Gasteiger partial charge in [0.1, 0.15) is 0 Å². The summed E-state index contributed by atoms with van der Waals surface area (Å²) < 4.78 is 24.4. The van der Waals surface area contributed by atoms with Gasteiger partial charge in [0.15, 0.2) is 9.84 Å². The molecule has 0 amide bonds. The Hall–Kier alpha value is -1.87. The van der Waals surface area contributed by atoms with E-state index in [1.165, 1.54) is 11.0 Å². The van der Waals surface area contributed by atoms with Gasteiger partial charge >= 0.3 is 0 Å². The summed E-state index contributed by atoms with van der Waals surface area (Å²) in [6.07, 6.45) is 1.60. The monoisotopic (exact) mass is 286 g/mol. The maximum Gasteiger partial charge on any atom is 0.199 e. The molecular formula is C17H18O2S. The van der Waals surface area contributed by atoms with Crippen LogP contribution in [0.3, 0.4) is 0 Å². The van der Waals surface area contributed by atoms with Gasteiger partial charge in [-0.15, -0.1) is 0 Å². The third kappa shape index (κ3) is 4.07. The second-order valence-corrected chi connectivity index (χ2v) is 6.60. The van der Waals surface area contributed by atoms with E-state index in [2.05, 4.69) is 12.1 Å². The highest BCUT2D eigenvalue weighted by atomic mass is 32.2. The fraction of sp³-hybridized carbons (Fsp3) is 0.176. The van der Waals surface area contributed by atoms with Crippen molar-refractivity contribution in [2.45, 2.75) is 24.7 Å². The van der Waals surface area contributed by atoms with E-state index in [0.29, 0.717) is 4.90 Å². The van der Waals surface area contributed by atoms with Gasteiger partial charge in [-0.1, -0.05) is 54.1 Å². The molecule has 2 nitrogen and oxygen atoms in total. The standard InChI is InChI=1S/C17H18O2S/c1-15(12-13-16-8-4-2-5-9-16)14-20(18,19)17-10-6-3-7-11-17/h2-11,14H,12-13H2,1H3/b15-14+. The molecule has 0 fully saturated rings. The zero-order valence-electron chi connectivity index (χ0n) is 11.5. The Morgan fingerprint density at radius 3 is 2.10 bits per heavy atom. The third-order valence-electron chi connectivity index (χ3n) is 3.08. The number of hydrogen-bond donors (Lipinski definition) is 0. The Labute approximate surface area is 120 Å². The fourth-order valence-electron chi connectivity index (χ4n) is 1.99. The molecule has 0 N–H and O–H groups in total. The first kappa shape index (κ1) is 14.5. The fourth-order valence-corrected chi connectivity index (χ4v) is 3.31. The second-order valence-electron chi connectivity index (χ2n) is 4.81. The molecule has 0 aliphatic heterocycles. The molecule has 0 saturated heterocycles. The van der Waals surface area contributed by atoms with Crippen LogP contribution < -0.4 is 0 Å². The number of sulfone groups is 1. The van der Waals surface area contributed by atoms with E-state index >= 15 is 0 Å². The smallest absolute Gasteiger partial charge is 0.199 e. The molecule has 0 heterocycles. The molecule has 0 spiro atoms. The van der Waals surface area contributed by atoms with Gasteiger partial charge in [0.25, 0.3) is 0 Å². The van der Waals surface area contributed by atoms with Crippen molar-refractivity contribution in [3.8, 4) is 0 Å². The summed E-state index contributed by atoms with van der Waals surface area (Å²) in [5.74, 6) is 0. The molecule has 20 heavy (non-hydrogen) atoms. The van der Waals surface area contributed by atoms with Gasteiger partial charge in [-0.25, -0.2) is 8.42 Å². The van der Waals surface area contributed by atoms with E-state index in [1.807, 2.05) is 31.2 Å². The van der Waals surface area contributed by atoms with Gasteiger partial charge in [0.2, 0.25) is 0 Å². The van der Waals surface area contributed by atoms with Crippen LogP contribution in [0, 0.1) is 0 Å². The van der Waals surface area contributed by atoms with Crippen molar-refractivity contribution in [2.24, 2.45) is 0 Å². The molecule has 0 atom stereocenters. The van der Waals surface area contributed by atoms with Crippen molar-refractivity contribution < 1.29 is 8.42 Å². The van der Waals surface area contributed by atoms with Crippen LogP contribution in [0.5, 0.6) is 0 Å². The van der Waals surface area contributed by atoms with Crippen molar-refractivity contribution in [3.63, 3.8) is 0 Å². The molecule has 0 aliphatic carbocycles. The maximum absolute atomic E-state index is 12.2. The summed E-state index contributed by atoms with van der Waals surface area (Å²) in [4.78, 5) is 0.346. The van der Waals surface area contributed by atoms with Gasteiger partial charge in [-0.3, -0.25) is 0 Å². The van der Waals surface area contributed by atoms with E-state index in [4.69, 9.17) is 0 Å².